The average Bonchev–Trinajstić information content (AvgIpc) is 3.33. The van der Waals surface area contributed by atoms with Crippen molar-refractivity contribution in [3.8, 4) is 22.8 Å². The molecule has 2 aromatic heterocycles. The predicted octanol–water partition coefficient (Wildman–Crippen LogP) is 5.56. The van der Waals surface area contributed by atoms with Crippen LogP contribution >= 0.6 is 23.2 Å². The lowest BCUT2D eigenvalue weighted by atomic mass is 9.97. The number of fused-ring (bicyclic) bond motifs is 1. The molecule has 4 rings (SSSR count). The molecule has 3 aromatic rings. The van der Waals surface area contributed by atoms with Crippen molar-refractivity contribution in [1.29, 1.82) is 0 Å². The zero-order valence-electron chi connectivity index (χ0n) is 20.9. The smallest absolute Gasteiger partial charge is 0.405 e. The standard InChI is InChI=1S/C25H24Cl2F3N5O4/c1-4-14(36)5-13-9-39-10-16(13)34-24-31-8-12-6-15(33-23(22(12)35-24)32-11-25(28,29)30)19-20(26)17(37-2)7-18(38-3)21(19)27/h4,6-8,13,16H,1,5,9-11H2,2-3H3,(H,32,33)(H,31,34,35)/t13-,16+/m0/s1. The summed E-state index contributed by atoms with van der Waals surface area (Å²) in [6.07, 6.45) is -1.62. The van der Waals surface area contributed by atoms with Crippen LogP contribution < -0.4 is 20.1 Å². The fourth-order valence-corrected chi connectivity index (χ4v) is 4.82. The summed E-state index contributed by atoms with van der Waals surface area (Å²) in [5.41, 5.74) is 0.475. The van der Waals surface area contributed by atoms with E-state index in [1.54, 1.807) is 6.07 Å². The average molecular weight is 586 g/mol. The van der Waals surface area contributed by atoms with Gasteiger partial charge in [-0.3, -0.25) is 4.79 Å². The number of alkyl halides is 3. The van der Waals surface area contributed by atoms with Crippen molar-refractivity contribution in [2.24, 2.45) is 5.92 Å². The van der Waals surface area contributed by atoms with Gasteiger partial charge in [0.25, 0.3) is 0 Å². The van der Waals surface area contributed by atoms with Crippen LogP contribution in [0.25, 0.3) is 22.2 Å². The van der Waals surface area contributed by atoms with Gasteiger partial charge in [0.05, 0.1) is 49.2 Å². The lowest BCUT2D eigenvalue weighted by molar-refractivity contribution is -0.116. The van der Waals surface area contributed by atoms with Gasteiger partial charge in [-0.1, -0.05) is 29.8 Å². The van der Waals surface area contributed by atoms with Gasteiger partial charge in [0.2, 0.25) is 5.95 Å². The summed E-state index contributed by atoms with van der Waals surface area (Å²) in [6, 6.07) is 2.75. The summed E-state index contributed by atoms with van der Waals surface area (Å²) in [5.74, 6) is 0.166. The number of halogens is 5. The molecule has 0 bridgehead atoms. The molecular formula is C25H24Cl2F3N5O4. The van der Waals surface area contributed by atoms with Gasteiger partial charge in [-0.2, -0.15) is 13.2 Å². The Morgan fingerprint density at radius 1 is 1.18 bits per heavy atom. The van der Waals surface area contributed by atoms with Gasteiger partial charge < -0.3 is 24.8 Å². The minimum absolute atomic E-state index is 0.0949. The molecule has 0 saturated carbocycles. The maximum absolute atomic E-state index is 13.2. The minimum atomic E-state index is -4.53. The molecule has 3 heterocycles. The molecule has 9 nitrogen and oxygen atoms in total. The third-order valence-corrected chi connectivity index (χ3v) is 6.81. The number of aromatic nitrogens is 3. The highest BCUT2D eigenvalue weighted by Gasteiger charge is 2.31. The molecule has 0 amide bonds. The fraction of sp³-hybridized carbons (Fsp3) is 0.360. The summed E-state index contributed by atoms with van der Waals surface area (Å²) in [6.45, 7) is 2.79. The molecule has 0 radical (unpaired) electrons. The summed E-state index contributed by atoms with van der Waals surface area (Å²) in [4.78, 5) is 25.0. The third-order valence-electron chi connectivity index (χ3n) is 6.06. The van der Waals surface area contributed by atoms with Crippen molar-refractivity contribution in [3.63, 3.8) is 0 Å². The van der Waals surface area contributed by atoms with Gasteiger partial charge >= 0.3 is 6.18 Å². The van der Waals surface area contributed by atoms with E-state index >= 15 is 0 Å². The Morgan fingerprint density at radius 3 is 2.49 bits per heavy atom. The van der Waals surface area contributed by atoms with Crippen molar-refractivity contribution in [2.45, 2.75) is 18.6 Å². The van der Waals surface area contributed by atoms with E-state index < -0.39 is 12.7 Å². The maximum atomic E-state index is 13.2. The highest BCUT2D eigenvalue weighted by atomic mass is 35.5. The van der Waals surface area contributed by atoms with Crippen LogP contribution in [0.2, 0.25) is 10.0 Å². The summed E-state index contributed by atoms with van der Waals surface area (Å²) < 4.78 is 55.6. The molecule has 208 valence electrons. The number of methoxy groups -OCH3 is 2. The van der Waals surface area contributed by atoms with Gasteiger partial charge in [0.1, 0.15) is 23.6 Å². The zero-order valence-corrected chi connectivity index (χ0v) is 22.4. The predicted molar refractivity (Wildman–Crippen MR) is 142 cm³/mol. The molecular weight excluding hydrogens is 562 g/mol. The molecule has 39 heavy (non-hydrogen) atoms. The van der Waals surface area contributed by atoms with Crippen LogP contribution in [0.4, 0.5) is 24.9 Å². The molecule has 1 saturated heterocycles. The van der Waals surface area contributed by atoms with Crippen LogP contribution in [0.15, 0.2) is 31.0 Å². The van der Waals surface area contributed by atoms with Crippen LogP contribution in [0.5, 0.6) is 11.5 Å². The Bertz CT molecular complexity index is 1380. The van der Waals surface area contributed by atoms with Crippen LogP contribution in [-0.4, -0.2) is 66.9 Å². The Labute approximate surface area is 231 Å². The fourth-order valence-electron chi connectivity index (χ4n) is 4.12. The first-order chi connectivity index (χ1) is 18.5. The summed E-state index contributed by atoms with van der Waals surface area (Å²) >= 11 is 13.0. The highest BCUT2D eigenvalue weighted by Crippen LogP contribution is 2.46. The Morgan fingerprint density at radius 2 is 1.87 bits per heavy atom. The van der Waals surface area contributed by atoms with Crippen LogP contribution in [0.1, 0.15) is 6.42 Å². The van der Waals surface area contributed by atoms with Gasteiger partial charge in [-0.25, -0.2) is 15.0 Å². The molecule has 1 aliphatic heterocycles. The number of nitrogens with zero attached hydrogens (tertiary/aromatic N) is 3. The minimum Gasteiger partial charge on any atom is -0.495 e. The van der Waals surface area contributed by atoms with E-state index in [-0.39, 0.29) is 74.2 Å². The summed E-state index contributed by atoms with van der Waals surface area (Å²) in [7, 11) is 2.80. The largest absolute Gasteiger partial charge is 0.495 e. The van der Waals surface area contributed by atoms with Gasteiger partial charge in [0, 0.05) is 35.6 Å². The Kier molecular flexibility index (Phi) is 8.67. The van der Waals surface area contributed by atoms with Gasteiger partial charge in [-0.15, -0.1) is 0 Å². The van der Waals surface area contributed by atoms with Crippen molar-refractivity contribution in [2.75, 3.05) is 44.6 Å². The Balaban J connectivity index is 1.78. The van der Waals surface area contributed by atoms with E-state index in [2.05, 4.69) is 32.2 Å². The van der Waals surface area contributed by atoms with E-state index in [0.29, 0.717) is 18.6 Å². The van der Waals surface area contributed by atoms with Crippen molar-refractivity contribution >= 4 is 51.7 Å². The number of carbonyl (C=O) groups is 1. The van der Waals surface area contributed by atoms with Gasteiger partial charge in [0.15, 0.2) is 11.6 Å². The number of nitrogens with one attached hydrogen (secondary N) is 2. The lowest BCUT2D eigenvalue weighted by Crippen LogP contribution is -2.30. The molecule has 1 fully saturated rings. The first kappa shape index (κ1) is 28.7. The molecule has 2 atom stereocenters. The molecule has 1 aromatic carbocycles. The quantitative estimate of drug-likeness (QED) is 0.295. The van der Waals surface area contributed by atoms with E-state index in [1.807, 2.05) is 0 Å². The SMILES string of the molecule is C=CC(=O)C[C@H]1COC[C@H]1Nc1ncc2cc(-c3c(Cl)c(OC)cc(OC)c3Cl)nc(NCC(F)(F)F)c2n1. The zero-order chi connectivity index (χ0) is 28.3. The number of allylic oxidation sites excluding steroid dienone is 1. The van der Waals surface area contributed by atoms with Gasteiger partial charge in [-0.05, 0) is 12.1 Å². The van der Waals surface area contributed by atoms with Crippen molar-refractivity contribution in [3.05, 3.63) is 41.0 Å². The second-order valence-corrected chi connectivity index (χ2v) is 9.42. The molecule has 0 aliphatic carbocycles. The monoisotopic (exact) mass is 585 g/mol. The molecule has 0 unspecified atom stereocenters. The number of hydrogen-bond donors (Lipinski definition) is 2. The number of ether oxygens (including phenoxy) is 3. The third kappa shape index (κ3) is 6.45. The number of carbonyl (C=O) groups excluding carboxylic acids is 1. The van der Waals surface area contributed by atoms with E-state index in [4.69, 9.17) is 37.4 Å². The Hall–Kier alpha value is -3.35. The molecule has 2 N–H and O–H groups in total. The molecule has 0 spiro atoms. The number of hydrogen-bond acceptors (Lipinski definition) is 9. The van der Waals surface area contributed by atoms with E-state index in [9.17, 15) is 18.0 Å². The first-order valence-electron chi connectivity index (χ1n) is 11.6. The number of pyridine rings is 1. The summed E-state index contributed by atoms with van der Waals surface area (Å²) in [5, 5.41) is 5.99. The maximum Gasteiger partial charge on any atom is 0.405 e. The highest BCUT2D eigenvalue weighted by molar-refractivity contribution is 6.41. The van der Waals surface area contributed by atoms with E-state index in [1.165, 1.54) is 32.6 Å². The number of benzene rings is 1. The van der Waals surface area contributed by atoms with Crippen molar-refractivity contribution < 1.29 is 32.2 Å². The normalized spacial score (nSPS) is 17.2. The number of rotatable bonds is 10. The van der Waals surface area contributed by atoms with E-state index in [0.717, 1.165) is 0 Å². The second kappa shape index (κ2) is 11.8. The number of anilines is 2. The van der Waals surface area contributed by atoms with Crippen LogP contribution in [0.3, 0.4) is 0 Å². The second-order valence-electron chi connectivity index (χ2n) is 8.66. The van der Waals surface area contributed by atoms with Crippen molar-refractivity contribution in [1.82, 2.24) is 15.0 Å². The molecule has 1 aliphatic rings. The van der Waals surface area contributed by atoms with Crippen LogP contribution in [0, 0.1) is 5.92 Å². The topological polar surface area (TPSA) is 107 Å². The number of ketones is 1. The molecule has 14 heteroatoms. The lowest BCUT2D eigenvalue weighted by Gasteiger charge is -2.19. The first-order valence-corrected chi connectivity index (χ1v) is 12.4. The van der Waals surface area contributed by atoms with Crippen LogP contribution in [-0.2, 0) is 9.53 Å².